The maximum atomic E-state index is 14.0. The Kier molecular flexibility index (Phi) is 2.64. The van der Waals surface area contributed by atoms with E-state index in [1.165, 1.54) is 12.3 Å². The fourth-order valence-electron chi connectivity index (χ4n) is 2.13. The summed E-state index contributed by atoms with van der Waals surface area (Å²) in [6.07, 6.45) is 2.90. The molecule has 0 aliphatic rings. The largest absolute Gasteiger partial charge is 0.504 e. The van der Waals surface area contributed by atoms with E-state index >= 15 is 0 Å². The lowest BCUT2D eigenvalue weighted by Gasteiger charge is -2.02. The Labute approximate surface area is 113 Å². The van der Waals surface area contributed by atoms with Crippen LogP contribution in [0.3, 0.4) is 0 Å². The van der Waals surface area contributed by atoms with Crippen molar-refractivity contribution in [3.63, 3.8) is 0 Å². The topological polar surface area (TPSA) is 50.9 Å². The van der Waals surface area contributed by atoms with E-state index in [9.17, 15) is 9.50 Å². The van der Waals surface area contributed by atoms with E-state index in [2.05, 4.69) is 9.97 Å². The number of aromatic nitrogens is 3. The molecule has 0 spiro atoms. The van der Waals surface area contributed by atoms with Gasteiger partial charge in [0.1, 0.15) is 11.5 Å². The molecule has 4 nitrogen and oxygen atoms in total. The van der Waals surface area contributed by atoms with Gasteiger partial charge in [0.25, 0.3) is 0 Å². The third kappa shape index (κ3) is 1.82. The van der Waals surface area contributed by atoms with Crippen molar-refractivity contribution in [2.75, 3.05) is 0 Å². The molecule has 6 heteroatoms. The number of benzene rings is 1. The lowest BCUT2D eigenvalue weighted by molar-refractivity contribution is 0.472. The van der Waals surface area contributed by atoms with Crippen molar-refractivity contribution in [2.45, 2.75) is 0 Å². The Hall–Kier alpha value is -2.14. The van der Waals surface area contributed by atoms with Gasteiger partial charge in [-0.3, -0.25) is 0 Å². The predicted octanol–water partition coefficient (Wildman–Crippen LogP) is 3.13. The van der Waals surface area contributed by atoms with Crippen molar-refractivity contribution < 1.29 is 9.50 Å². The van der Waals surface area contributed by atoms with E-state index in [1.807, 2.05) is 0 Å². The van der Waals surface area contributed by atoms with E-state index < -0.39 is 0 Å². The van der Waals surface area contributed by atoms with Crippen LogP contribution in [-0.4, -0.2) is 19.6 Å². The predicted molar refractivity (Wildman–Crippen MR) is 70.6 cm³/mol. The third-order valence-corrected chi connectivity index (χ3v) is 3.14. The number of nitrogens with zero attached hydrogens (tertiary/aromatic N) is 3. The van der Waals surface area contributed by atoms with Crippen LogP contribution in [0.2, 0.25) is 5.28 Å². The smallest absolute Gasteiger partial charge is 0.223 e. The first-order valence-corrected chi connectivity index (χ1v) is 5.91. The second-order valence-electron chi connectivity index (χ2n) is 4.16. The van der Waals surface area contributed by atoms with E-state index in [1.54, 1.807) is 29.9 Å². The summed E-state index contributed by atoms with van der Waals surface area (Å²) in [5, 5.41) is 10.2. The van der Waals surface area contributed by atoms with Crippen LogP contribution in [0.1, 0.15) is 0 Å². The zero-order chi connectivity index (χ0) is 13.6. The molecule has 0 aliphatic heterocycles. The highest BCUT2D eigenvalue weighted by Crippen LogP contribution is 2.35. The van der Waals surface area contributed by atoms with Crippen molar-refractivity contribution in [1.29, 1.82) is 0 Å². The lowest BCUT2D eigenvalue weighted by Crippen LogP contribution is -1.88. The van der Waals surface area contributed by atoms with Crippen LogP contribution < -0.4 is 0 Å². The summed E-state index contributed by atoms with van der Waals surface area (Å²) in [4.78, 5) is 7.65. The molecule has 0 atom stereocenters. The standard InChI is InChI=1S/C13H9ClFN3O/c1-18-6-7(11-8(15)3-2-4-9(11)18)12-10(19)5-16-13(14)17-12/h2-6,19H,1H3. The summed E-state index contributed by atoms with van der Waals surface area (Å²) >= 11 is 5.73. The second kappa shape index (κ2) is 4.20. The number of hydrogen-bond donors (Lipinski definition) is 1. The number of aryl methyl sites for hydroxylation is 1. The Morgan fingerprint density at radius 1 is 1.37 bits per heavy atom. The molecule has 0 amide bonds. The second-order valence-corrected chi connectivity index (χ2v) is 4.50. The first kappa shape index (κ1) is 11.9. The van der Waals surface area contributed by atoms with E-state index in [0.717, 1.165) is 0 Å². The molecule has 1 N–H and O–H groups in total. The molecule has 19 heavy (non-hydrogen) atoms. The van der Waals surface area contributed by atoms with Gasteiger partial charge < -0.3 is 9.67 Å². The first-order valence-electron chi connectivity index (χ1n) is 5.53. The molecule has 3 aromatic rings. The number of rotatable bonds is 1. The normalized spacial score (nSPS) is 11.1. The zero-order valence-electron chi connectivity index (χ0n) is 9.93. The number of halogens is 2. The molecular weight excluding hydrogens is 269 g/mol. The Bertz CT molecular complexity index is 785. The van der Waals surface area contributed by atoms with E-state index in [0.29, 0.717) is 16.5 Å². The van der Waals surface area contributed by atoms with Crippen LogP contribution in [0.5, 0.6) is 5.75 Å². The maximum absolute atomic E-state index is 14.0. The van der Waals surface area contributed by atoms with Gasteiger partial charge in [-0.15, -0.1) is 0 Å². The van der Waals surface area contributed by atoms with Crippen molar-refractivity contribution in [3.05, 3.63) is 41.7 Å². The molecule has 0 saturated carbocycles. The summed E-state index contributed by atoms with van der Waals surface area (Å²) < 4.78 is 15.8. The summed E-state index contributed by atoms with van der Waals surface area (Å²) in [5.41, 5.74) is 1.41. The molecule has 0 saturated heterocycles. The molecule has 2 aromatic heterocycles. The molecule has 96 valence electrons. The van der Waals surface area contributed by atoms with Gasteiger partial charge in [0.15, 0.2) is 5.75 Å². The minimum atomic E-state index is -0.373. The summed E-state index contributed by atoms with van der Waals surface area (Å²) in [6, 6.07) is 4.79. The molecule has 1 aromatic carbocycles. The minimum absolute atomic E-state index is 0.00106. The van der Waals surface area contributed by atoms with Crippen molar-refractivity contribution in [3.8, 4) is 17.0 Å². The molecule has 0 bridgehead atoms. The Balaban J connectivity index is 2.40. The van der Waals surface area contributed by atoms with Crippen LogP contribution in [-0.2, 0) is 7.05 Å². The van der Waals surface area contributed by atoms with Crippen molar-refractivity contribution in [2.24, 2.45) is 7.05 Å². The van der Waals surface area contributed by atoms with Crippen LogP contribution in [0, 0.1) is 5.82 Å². The van der Waals surface area contributed by atoms with Crippen LogP contribution in [0.4, 0.5) is 4.39 Å². The molecule has 0 aliphatic carbocycles. The van der Waals surface area contributed by atoms with E-state index in [-0.39, 0.29) is 22.5 Å². The molecule has 2 heterocycles. The molecule has 0 fully saturated rings. The van der Waals surface area contributed by atoms with Gasteiger partial charge in [0, 0.05) is 24.2 Å². The average molecular weight is 278 g/mol. The summed E-state index contributed by atoms with van der Waals surface area (Å²) in [6.45, 7) is 0. The number of hydrogen-bond acceptors (Lipinski definition) is 3. The van der Waals surface area contributed by atoms with Gasteiger partial charge in [-0.05, 0) is 23.7 Å². The molecular formula is C13H9ClFN3O. The molecule has 3 rings (SSSR count). The number of aromatic hydroxyl groups is 1. The van der Waals surface area contributed by atoms with E-state index in [4.69, 9.17) is 11.6 Å². The van der Waals surface area contributed by atoms with Crippen molar-refractivity contribution >= 4 is 22.5 Å². The molecule has 0 unspecified atom stereocenters. The quantitative estimate of drug-likeness (QED) is 0.695. The van der Waals surface area contributed by atoms with Gasteiger partial charge in [0.2, 0.25) is 5.28 Å². The SMILES string of the molecule is Cn1cc(-c2nc(Cl)ncc2O)c2c(F)cccc21. The Morgan fingerprint density at radius 3 is 2.95 bits per heavy atom. The minimum Gasteiger partial charge on any atom is -0.504 e. The van der Waals surface area contributed by atoms with Crippen LogP contribution >= 0.6 is 11.6 Å². The third-order valence-electron chi connectivity index (χ3n) is 2.96. The van der Waals surface area contributed by atoms with Crippen LogP contribution in [0.15, 0.2) is 30.6 Å². The highest BCUT2D eigenvalue weighted by molar-refractivity contribution is 6.28. The summed E-state index contributed by atoms with van der Waals surface area (Å²) in [5.74, 6) is -0.512. The molecule has 0 radical (unpaired) electrons. The Morgan fingerprint density at radius 2 is 2.16 bits per heavy atom. The maximum Gasteiger partial charge on any atom is 0.223 e. The highest BCUT2D eigenvalue weighted by atomic mass is 35.5. The highest BCUT2D eigenvalue weighted by Gasteiger charge is 2.17. The fourth-order valence-corrected chi connectivity index (χ4v) is 2.27. The first-order chi connectivity index (χ1) is 9.08. The summed E-state index contributed by atoms with van der Waals surface area (Å²) in [7, 11) is 1.80. The van der Waals surface area contributed by atoms with Gasteiger partial charge in [-0.25, -0.2) is 14.4 Å². The number of fused-ring (bicyclic) bond motifs is 1. The van der Waals surface area contributed by atoms with Crippen LogP contribution in [0.25, 0.3) is 22.2 Å². The van der Waals surface area contributed by atoms with Gasteiger partial charge >= 0.3 is 0 Å². The average Bonchev–Trinajstić information content (AvgIpc) is 2.72. The fraction of sp³-hybridized carbons (Fsp3) is 0.0769. The van der Waals surface area contributed by atoms with Crippen molar-refractivity contribution in [1.82, 2.24) is 14.5 Å². The monoisotopic (exact) mass is 277 g/mol. The van der Waals surface area contributed by atoms with Gasteiger partial charge in [-0.1, -0.05) is 6.07 Å². The van der Waals surface area contributed by atoms with Gasteiger partial charge in [0.05, 0.1) is 11.7 Å². The zero-order valence-corrected chi connectivity index (χ0v) is 10.7. The lowest BCUT2D eigenvalue weighted by atomic mass is 10.1. The van der Waals surface area contributed by atoms with Gasteiger partial charge in [-0.2, -0.15) is 0 Å².